The van der Waals surface area contributed by atoms with E-state index in [4.69, 9.17) is 9.47 Å². The molecule has 0 N–H and O–H groups in total. The van der Waals surface area contributed by atoms with Gasteiger partial charge in [0.2, 0.25) is 0 Å². The Morgan fingerprint density at radius 3 is 2.47 bits per heavy atom. The Hall–Kier alpha value is -1.55. The molecule has 82 valence electrons. The highest BCUT2D eigenvalue weighted by Gasteiger charge is 2.04. The Labute approximate surface area is 88.8 Å². The van der Waals surface area contributed by atoms with Crippen molar-refractivity contribution in [3.05, 3.63) is 29.8 Å². The van der Waals surface area contributed by atoms with Gasteiger partial charge in [-0.1, -0.05) is 0 Å². The molecule has 0 aromatic heterocycles. The minimum Gasteiger partial charge on any atom is -0.468 e. The summed E-state index contributed by atoms with van der Waals surface area (Å²) in [6.45, 7) is 2.72. The summed E-state index contributed by atoms with van der Waals surface area (Å²) in [6.07, 6.45) is 0. The van der Waals surface area contributed by atoms with E-state index in [1.54, 1.807) is 24.3 Å². The van der Waals surface area contributed by atoms with Gasteiger partial charge in [0, 0.05) is 6.61 Å². The molecule has 0 fully saturated rings. The predicted molar refractivity (Wildman–Crippen MR) is 54.9 cm³/mol. The number of methoxy groups -OCH3 is 1. The molecule has 0 spiro atoms. The van der Waals surface area contributed by atoms with Crippen molar-refractivity contribution in [2.45, 2.75) is 6.92 Å². The van der Waals surface area contributed by atoms with Crippen LogP contribution in [0.25, 0.3) is 0 Å². The van der Waals surface area contributed by atoms with Gasteiger partial charge in [-0.25, -0.2) is 4.79 Å². The molecule has 0 saturated carbocycles. The van der Waals surface area contributed by atoms with E-state index in [9.17, 15) is 4.79 Å². The number of carbonyl (C=O) groups excluding carboxylic acids is 1. The fraction of sp³-hybridized carbons (Fsp3) is 0.364. The van der Waals surface area contributed by atoms with Gasteiger partial charge in [-0.05, 0) is 31.2 Å². The molecule has 1 aromatic rings. The number of hydrogen-bond acceptors (Lipinski definition) is 4. The SMILES string of the molecule is CCOCOc1ccc(C(=O)OC)cc1. The summed E-state index contributed by atoms with van der Waals surface area (Å²) in [5, 5.41) is 0. The quantitative estimate of drug-likeness (QED) is 0.422. The van der Waals surface area contributed by atoms with Gasteiger partial charge in [-0.2, -0.15) is 0 Å². The van der Waals surface area contributed by atoms with E-state index in [0.717, 1.165) is 0 Å². The molecule has 15 heavy (non-hydrogen) atoms. The molecule has 1 rings (SSSR count). The van der Waals surface area contributed by atoms with Gasteiger partial charge < -0.3 is 14.2 Å². The topological polar surface area (TPSA) is 44.8 Å². The minimum atomic E-state index is -0.355. The molecule has 0 aliphatic heterocycles. The van der Waals surface area contributed by atoms with Gasteiger partial charge in [0.05, 0.1) is 12.7 Å². The minimum absolute atomic E-state index is 0.216. The van der Waals surface area contributed by atoms with Gasteiger partial charge in [0.15, 0.2) is 6.79 Å². The van der Waals surface area contributed by atoms with Crippen LogP contribution < -0.4 is 4.74 Å². The molecule has 0 bridgehead atoms. The number of esters is 1. The molecule has 0 heterocycles. The maximum atomic E-state index is 11.1. The molecular formula is C11H14O4. The summed E-state index contributed by atoms with van der Waals surface area (Å²) in [6, 6.07) is 6.69. The van der Waals surface area contributed by atoms with Crippen molar-refractivity contribution < 1.29 is 19.0 Å². The summed E-state index contributed by atoms with van der Waals surface area (Å²) >= 11 is 0. The lowest BCUT2D eigenvalue weighted by atomic mass is 10.2. The Bertz CT molecular complexity index is 305. The number of ether oxygens (including phenoxy) is 3. The van der Waals surface area contributed by atoms with E-state index < -0.39 is 0 Å². The smallest absolute Gasteiger partial charge is 0.337 e. The van der Waals surface area contributed by atoms with Gasteiger partial charge >= 0.3 is 5.97 Å². The second-order valence-corrected chi connectivity index (χ2v) is 2.77. The van der Waals surface area contributed by atoms with Crippen LogP contribution in [0.2, 0.25) is 0 Å². The molecule has 0 atom stereocenters. The predicted octanol–water partition coefficient (Wildman–Crippen LogP) is 1.85. The average Bonchev–Trinajstić information content (AvgIpc) is 2.29. The summed E-state index contributed by atoms with van der Waals surface area (Å²) in [5.41, 5.74) is 0.501. The molecule has 4 heteroatoms. The molecule has 0 amide bonds. The van der Waals surface area contributed by atoms with Crippen LogP contribution in [0.15, 0.2) is 24.3 Å². The van der Waals surface area contributed by atoms with Crippen molar-refractivity contribution in [3.63, 3.8) is 0 Å². The summed E-state index contributed by atoms with van der Waals surface area (Å²) in [5.74, 6) is 0.308. The first kappa shape index (κ1) is 11.5. The third kappa shape index (κ3) is 3.59. The van der Waals surface area contributed by atoms with Gasteiger partial charge in [0.1, 0.15) is 5.75 Å². The van der Waals surface area contributed by atoms with Gasteiger partial charge in [-0.15, -0.1) is 0 Å². The fourth-order valence-corrected chi connectivity index (χ4v) is 0.998. The first-order chi connectivity index (χ1) is 7.27. The summed E-state index contributed by atoms with van der Waals surface area (Å²) < 4.78 is 14.8. The van der Waals surface area contributed by atoms with Crippen LogP contribution in [0.4, 0.5) is 0 Å². The normalized spacial score (nSPS) is 9.73. The maximum absolute atomic E-state index is 11.1. The Morgan fingerprint density at radius 2 is 1.93 bits per heavy atom. The van der Waals surface area contributed by atoms with Crippen molar-refractivity contribution in [1.82, 2.24) is 0 Å². The van der Waals surface area contributed by atoms with Crippen LogP contribution >= 0.6 is 0 Å². The molecule has 0 aliphatic rings. The van der Waals surface area contributed by atoms with Gasteiger partial charge in [-0.3, -0.25) is 0 Å². The fourth-order valence-electron chi connectivity index (χ4n) is 0.998. The molecule has 0 saturated heterocycles. The van der Waals surface area contributed by atoms with Crippen molar-refractivity contribution in [1.29, 1.82) is 0 Å². The van der Waals surface area contributed by atoms with Crippen LogP contribution in [0.5, 0.6) is 5.75 Å². The van der Waals surface area contributed by atoms with E-state index in [2.05, 4.69) is 4.74 Å². The Balaban J connectivity index is 2.52. The van der Waals surface area contributed by atoms with Crippen molar-refractivity contribution in [3.8, 4) is 5.75 Å². The molecule has 0 unspecified atom stereocenters. The molecule has 0 radical (unpaired) electrons. The zero-order valence-corrected chi connectivity index (χ0v) is 8.86. The number of benzene rings is 1. The summed E-state index contributed by atoms with van der Waals surface area (Å²) in [7, 11) is 1.35. The van der Waals surface area contributed by atoms with Crippen LogP contribution in [0.1, 0.15) is 17.3 Å². The lowest BCUT2D eigenvalue weighted by Gasteiger charge is -2.05. The van der Waals surface area contributed by atoms with E-state index in [1.807, 2.05) is 6.92 Å². The highest BCUT2D eigenvalue weighted by Crippen LogP contribution is 2.12. The standard InChI is InChI=1S/C11H14O4/c1-3-14-8-15-10-6-4-9(5-7-10)11(12)13-2/h4-7H,3,8H2,1-2H3. The lowest BCUT2D eigenvalue weighted by molar-refractivity contribution is 0.0224. The molecular weight excluding hydrogens is 196 g/mol. The summed E-state index contributed by atoms with van der Waals surface area (Å²) in [4.78, 5) is 11.1. The third-order valence-electron chi connectivity index (χ3n) is 1.79. The van der Waals surface area contributed by atoms with E-state index in [-0.39, 0.29) is 12.8 Å². The largest absolute Gasteiger partial charge is 0.468 e. The van der Waals surface area contributed by atoms with Crippen molar-refractivity contribution >= 4 is 5.97 Å². The molecule has 1 aromatic carbocycles. The third-order valence-corrected chi connectivity index (χ3v) is 1.79. The van der Waals surface area contributed by atoms with Crippen molar-refractivity contribution in [2.24, 2.45) is 0 Å². The van der Waals surface area contributed by atoms with E-state index >= 15 is 0 Å². The average molecular weight is 210 g/mol. The lowest BCUT2D eigenvalue weighted by Crippen LogP contribution is -2.03. The number of rotatable bonds is 5. The Kier molecular flexibility index (Phi) is 4.63. The first-order valence-electron chi connectivity index (χ1n) is 4.67. The van der Waals surface area contributed by atoms with E-state index in [1.165, 1.54) is 7.11 Å². The first-order valence-corrected chi connectivity index (χ1v) is 4.67. The van der Waals surface area contributed by atoms with Crippen LogP contribution in [0, 0.1) is 0 Å². The van der Waals surface area contributed by atoms with Crippen molar-refractivity contribution in [2.75, 3.05) is 20.5 Å². The zero-order chi connectivity index (χ0) is 11.1. The van der Waals surface area contributed by atoms with Gasteiger partial charge in [0.25, 0.3) is 0 Å². The van der Waals surface area contributed by atoms with Crippen LogP contribution in [0.3, 0.4) is 0 Å². The molecule has 0 aliphatic carbocycles. The second-order valence-electron chi connectivity index (χ2n) is 2.77. The number of hydrogen-bond donors (Lipinski definition) is 0. The highest BCUT2D eigenvalue weighted by molar-refractivity contribution is 5.89. The van der Waals surface area contributed by atoms with Crippen LogP contribution in [-0.2, 0) is 9.47 Å². The van der Waals surface area contributed by atoms with E-state index in [0.29, 0.717) is 17.9 Å². The van der Waals surface area contributed by atoms with Crippen LogP contribution in [-0.4, -0.2) is 26.5 Å². The Morgan fingerprint density at radius 1 is 1.27 bits per heavy atom. The maximum Gasteiger partial charge on any atom is 0.337 e. The second kappa shape index (κ2) is 6.03. The molecule has 4 nitrogen and oxygen atoms in total. The number of carbonyl (C=O) groups is 1. The monoisotopic (exact) mass is 210 g/mol. The zero-order valence-electron chi connectivity index (χ0n) is 8.86. The highest BCUT2D eigenvalue weighted by atomic mass is 16.7.